The van der Waals surface area contributed by atoms with Gasteiger partial charge in [0.1, 0.15) is 5.75 Å². The molecule has 0 aliphatic carbocycles. The van der Waals surface area contributed by atoms with Crippen LogP contribution in [-0.4, -0.2) is 47.3 Å². The van der Waals surface area contributed by atoms with Crippen molar-refractivity contribution in [3.05, 3.63) is 29.8 Å². The lowest BCUT2D eigenvalue weighted by Crippen LogP contribution is -2.65. The molecule has 2 aliphatic rings. The highest BCUT2D eigenvalue weighted by Gasteiger charge is 2.70. The molecule has 3 atom stereocenters. The zero-order valence-corrected chi connectivity index (χ0v) is 15.6. The van der Waals surface area contributed by atoms with Crippen molar-refractivity contribution in [1.82, 2.24) is 4.90 Å². The van der Waals surface area contributed by atoms with Crippen LogP contribution in [0.4, 0.5) is 0 Å². The van der Waals surface area contributed by atoms with Gasteiger partial charge in [-0.15, -0.1) is 23.2 Å². The number of halogens is 2. The summed E-state index contributed by atoms with van der Waals surface area (Å²) in [5.41, 5.74) is 0.163. The molecule has 136 valence electrons. The molecular weight excluding hydrogens is 365 g/mol. The quantitative estimate of drug-likeness (QED) is 0.509. The molecule has 0 radical (unpaired) electrons. The third-order valence-electron chi connectivity index (χ3n) is 5.07. The lowest BCUT2D eigenvalue weighted by molar-refractivity contribution is -0.212. The Morgan fingerprint density at radius 2 is 1.92 bits per heavy atom. The predicted octanol–water partition coefficient (Wildman–Crippen LogP) is 2.97. The molecule has 3 rings (SSSR count). The summed E-state index contributed by atoms with van der Waals surface area (Å²) in [4.78, 5) is 26.8. The van der Waals surface area contributed by atoms with Crippen LogP contribution >= 0.6 is 23.2 Å². The lowest BCUT2D eigenvalue weighted by Gasteiger charge is -2.46. The van der Waals surface area contributed by atoms with Crippen LogP contribution in [-0.2, 0) is 20.9 Å². The SMILES string of the molecule is COc1ccc(CN2C(=O)C(CCCl)C3(CCCCl)OC(=O)C23)cc1. The highest BCUT2D eigenvalue weighted by molar-refractivity contribution is 6.18. The third-order valence-corrected chi connectivity index (χ3v) is 5.56. The number of hydrogen-bond donors (Lipinski definition) is 0. The van der Waals surface area contributed by atoms with Crippen molar-refractivity contribution in [2.24, 2.45) is 5.92 Å². The molecule has 1 aromatic carbocycles. The summed E-state index contributed by atoms with van der Waals surface area (Å²) >= 11 is 11.7. The standard InChI is InChI=1S/C18H21Cl2NO4/c1-24-13-5-3-12(4-6-13)11-21-15-17(23)25-18(15,8-2-9-19)14(7-10-20)16(21)22/h3-6,14-15H,2,7-11H2,1H3. The maximum Gasteiger partial charge on any atom is 0.333 e. The maximum atomic E-state index is 13.0. The van der Waals surface area contributed by atoms with E-state index in [1.54, 1.807) is 12.0 Å². The van der Waals surface area contributed by atoms with Crippen LogP contribution < -0.4 is 4.74 Å². The Morgan fingerprint density at radius 1 is 1.20 bits per heavy atom. The molecule has 3 unspecified atom stereocenters. The van der Waals surface area contributed by atoms with Gasteiger partial charge >= 0.3 is 5.97 Å². The van der Waals surface area contributed by atoms with Gasteiger partial charge in [-0.2, -0.15) is 0 Å². The fourth-order valence-corrected chi connectivity index (χ4v) is 4.26. The van der Waals surface area contributed by atoms with Crippen LogP contribution in [0.2, 0.25) is 0 Å². The Kier molecular flexibility index (Phi) is 5.44. The number of alkyl halides is 2. The number of hydrogen-bond acceptors (Lipinski definition) is 4. The second-order valence-corrected chi connectivity index (χ2v) is 7.17. The Hall–Kier alpha value is -1.46. The Labute approximate surface area is 157 Å². The van der Waals surface area contributed by atoms with E-state index >= 15 is 0 Å². The van der Waals surface area contributed by atoms with E-state index in [-0.39, 0.29) is 11.9 Å². The van der Waals surface area contributed by atoms with Gasteiger partial charge in [-0.25, -0.2) is 4.79 Å². The molecule has 0 spiro atoms. The fraction of sp³-hybridized carbons (Fsp3) is 0.556. The van der Waals surface area contributed by atoms with E-state index in [1.165, 1.54) is 0 Å². The smallest absolute Gasteiger partial charge is 0.333 e. The largest absolute Gasteiger partial charge is 0.497 e. The van der Waals surface area contributed by atoms with Crippen molar-refractivity contribution in [1.29, 1.82) is 0 Å². The number of amides is 1. The van der Waals surface area contributed by atoms with E-state index in [9.17, 15) is 9.59 Å². The van der Waals surface area contributed by atoms with Gasteiger partial charge in [-0.3, -0.25) is 4.79 Å². The minimum atomic E-state index is -0.773. The van der Waals surface area contributed by atoms with Gasteiger partial charge in [-0.1, -0.05) is 12.1 Å². The van der Waals surface area contributed by atoms with Gasteiger partial charge < -0.3 is 14.4 Å². The summed E-state index contributed by atoms with van der Waals surface area (Å²) in [7, 11) is 1.60. The van der Waals surface area contributed by atoms with Crippen LogP contribution in [0.5, 0.6) is 5.75 Å². The number of ether oxygens (including phenoxy) is 2. The van der Waals surface area contributed by atoms with Gasteiger partial charge in [0.15, 0.2) is 11.6 Å². The van der Waals surface area contributed by atoms with Crippen molar-refractivity contribution in [3.63, 3.8) is 0 Å². The predicted molar refractivity (Wildman–Crippen MR) is 94.9 cm³/mol. The highest BCUT2D eigenvalue weighted by atomic mass is 35.5. The molecule has 7 heteroatoms. The number of rotatable bonds is 8. The molecule has 1 aromatic rings. The average Bonchev–Trinajstić information content (AvgIpc) is 2.79. The maximum absolute atomic E-state index is 13.0. The molecule has 0 bridgehead atoms. The number of nitrogens with zero attached hydrogens (tertiary/aromatic N) is 1. The first-order chi connectivity index (χ1) is 12.1. The Morgan fingerprint density at radius 3 is 2.48 bits per heavy atom. The molecule has 25 heavy (non-hydrogen) atoms. The van der Waals surface area contributed by atoms with Crippen molar-refractivity contribution in [2.45, 2.75) is 37.5 Å². The minimum absolute atomic E-state index is 0.0677. The molecular formula is C18H21Cl2NO4. The van der Waals surface area contributed by atoms with E-state index in [1.807, 2.05) is 24.3 Å². The molecule has 2 saturated heterocycles. The van der Waals surface area contributed by atoms with E-state index < -0.39 is 17.6 Å². The summed E-state index contributed by atoms with van der Waals surface area (Å²) in [6.45, 7) is 0.365. The van der Waals surface area contributed by atoms with Gasteiger partial charge in [0.05, 0.1) is 13.0 Å². The van der Waals surface area contributed by atoms with Crippen LogP contribution in [0.3, 0.4) is 0 Å². The first-order valence-electron chi connectivity index (χ1n) is 8.35. The van der Waals surface area contributed by atoms with Crippen molar-refractivity contribution >= 4 is 35.1 Å². The van der Waals surface area contributed by atoms with Gasteiger partial charge in [-0.05, 0) is 37.0 Å². The normalized spacial score (nSPS) is 27.7. The molecule has 1 amide bonds. The number of carbonyl (C=O) groups is 2. The second-order valence-electron chi connectivity index (χ2n) is 6.42. The zero-order valence-electron chi connectivity index (χ0n) is 14.0. The fourth-order valence-electron chi connectivity index (χ4n) is 3.91. The number of methoxy groups -OCH3 is 1. The summed E-state index contributed by atoms with van der Waals surface area (Å²) in [6.07, 6.45) is 1.76. The van der Waals surface area contributed by atoms with Crippen molar-refractivity contribution in [2.75, 3.05) is 18.9 Å². The summed E-state index contributed by atoms with van der Waals surface area (Å²) in [5, 5.41) is 0. The van der Waals surface area contributed by atoms with Crippen LogP contribution in [0.25, 0.3) is 0 Å². The summed E-state index contributed by atoms with van der Waals surface area (Å²) in [6, 6.07) is 6.92. The average molecular weight is 386 g/mol. The van der Waals surface area contributed by atoms with Gasteiger partial charge in [0.25, 0.3) is 0 Å². The number of likely N-dealkylation sites (tertiary alicyclic amines) is 1. The number of esters is 1. The van der Waals surface area contributed by atoms with E-state index in [2.05, 4.69) is 0 Å². The van der Waals surface area contributed by atoms with Gasteiger partial charge in [0.2, 0.25) is 5.91 Å². The number of fused-ring (bicyclic) bond motifs is 1. The molecule has 5 nitrogen and oxygen atoms in total. The summed E-state index contributed by atoms with van der Waals surface area (Å²) in [5.74, 6) is 0.756. The molecule has 0 N–H and O–H groups in total. The molecule has 2 heterocycles. The molecule has 2 aliphatic heterocycles. The first-order valence-corrected chi connectivity index (χ1v) is 9.42. The molecule has 2 fully saturated rings. The Balaban J connectivity index is 1.85. The molecule has 0 saturated carbocycles. The first kappa shape index (κ1) is 18.3. The van der Waals surface area contributed by atoms with Crippen LogP contribution in [0.15, 0.2) is 24.3 Å². The minimum Gasteiger partial charge on any atom is -0.497 e. The van der Waals surface area contributed by atoms with Gasteiger partial charge in [0, 0.05) is 18.3 Å². The molecule has 0 aromatic heterocycles. The van der Waals surface area contributed by atoms with E-state index in [0.29, 0.717) is 37.6 Å². The number of carbonyl (C=O) groups excluding carboxylic acids is 2. The monoisotopic (exact) mass is 385 g/mol. The zero-order chi connectivity index (χ0) is 18.0. The highest BCUT2D eigenvalue weighted by Crippen LogP contribution is 2.50. The third kappa shape index (κ3) is 3.08. The lowest BCUT2D eigenvalue weighted by atomic mass is 9.76. The van der Waals surface area contributed by atoms with E-state index in [0.717, 1.165) is 11.3 Å². The Bertz CT molecular complexity index is 651. The van der Waals surface area contributed by atoms with E-state index in [4.69, 9.17) is 32.7 Å². The number of benzene rings is 1. The summed E-state index contributed by atoms with van der Waals surface area (Å²) < 4.78 is 10.7. The topological polar surface area (TPSA) is 55.8 Å². The second kappa shape index (κ2) is 7.42. The van der Waals surface area contributed by atoms with Crippen molar-refractivity contribution in [3.8, 4) is 5.75 Å². The van der Waals surface area contributed by atoms with Crippen molar-refractivity contribution < 1.29 is 19.1 Å². The van der Waals surface area contributed by atoms with Crippen LogP contribution in [0.1, 0.15) is 24.8 Å². The van der Waals surface area contributed by atoms with Crippen LogP contribution in [0, 0.1) is 5.92 Å².